The van der Waals surface area contributed by atoms with Gasteiger partial charge in [0.2, 0.25) is 5.91 Å². The van der Waals surface area contributed by atoms with Gasteiger partial charge >= 0.3 is 0 Å². The molecule has 0 atom stereocenters. The third kappa shape index (κ3) is 2.99. The quantitative estimate of drug-likeness (QED) is 0.726. The molecule has 0 aliphatic rings. The Labute approximate surface area is 148 Å². The number of amides is 1. The molecule has 8 heteroatoms. The molecule has 2 aromatic heterocycles. The minimum atomic E-state index is -0.435. The highest BCUT2D eigenvalue weighted by atomic mass is 35.5. The zero-order valence-corrected chi connectivity index (χ0v) is 14.3. The Morgan fingerprint density at radius 1 is 1.48 bits per heavy atom. The van der Waals surface area contributed by atoms with Gasteiger partial charge in [-0.25, -0.2) is 4.98 Å². The molecule has 1 aromatic carbocycles. The van der Waals surface area contributed by atoms with Gasteiger partial charge in [-0.3, -0.25) is 4.79 Å². The first-order valence-corrected chi connectivity index (χ1v) is 7.91. The smallest absolute Gasteiger partial charge is 0.240 e. The van der Waals surface area contributed by atoms with Crippen LogP contribution in [0.5, 0.6) is 5.75 Å². The number of nitriles is 1. The Hall–Kier alpha value is -3.11. The average molecular weight is 356 g/mol. The highest BCUT2D eigenvalue weighted by molar-refractivity contribution is 6.29. The molecular formula is C17H14ClN5O2. The van der Waals surface area contributed by atoms with Crippen LogP contribution in [-0.2, 0) is 4.79 Å². The Balaban J connectivity index is 2.22. The third-order valence-corrected chi connectivity index (χ3v) is 3.94. The molecule has 3 aromatic rings. The van der Waals surface area contributed by atoms with E-state index in [1.807, 2.05) is 37.3 Å². The number of halogens is 1. The van der Waals surface area contributed by atoms with E-state index in [-0.39, 0.29) is 17.3 Å². The van der Waals surface area contributed by atoms with Gasteiger partial charge in [-0.2, -0.15) is 15.0 Å². The van der Waals surface area contributed by atoms with Crippen LogP contribution in [0.4, 0.5) is 5.82 Å². The van der Waals surface area contributed by atoms with Crippen molar-refractivity contribution in [3.63, 3.8) is 0 Å². The maximum Gasteiger partial charge on any atom is 0.240 e. The number of ether oxygens (including phenoxy) is 1. The van der Waals surface area contributed by atoms with Crippen molar-refractivity contribution < 1.29 is 9.53 Å². The van der Waals surface area contributed by atoms with Crippen molar-refractivity contribution in [2.75, 3.05) is 18.3 Å². The van der Waals surface area contributed by atoms with Gasteiger partial charge in [-0.05, 0) is 24.6 Å². The number of pyridine rings is 1. The molecule has 0 unspecified atom stereocenters. The number of carbonyl (C=O) groups is 1. The predicted molar refractivity (Wildman–Crippen MR) is 94.2 cm³/mol. The standard InChI is InChI=1S/C17H14ClN5O2/c1-10-6-14(21-16-12(10)4-3-5-13(16)25-2)23-17(22-15(24)7-18)11(8-19)9-20-23/h3-6,9H,7H2,1-2H3,(H,22,24). The number of carbonyl (C=O) groups excluding carboxylic acids is 1. The van der Waals surface area contributed by atoms with Crippen LogP contribution in [0.3, 0.4) is 0 Å². The summed E-state index contributed by atoms with van der Waals surface area (Å²) < 4.78 is 6.78. The number of fused-ring (bicyclic) bond motifs is 1. The summed E-state index contributed by atoms with van der Waals surface area (Å²) in [6, 6.07) is 9.48. The van der Waals surface area contributed by atoms with Gasteiger partial charge in [0.1, 0.15) is 28.8 Å². The van der Waals surface area contributed by atoms with Crippen LogP contribution in [0.15, 0.2) is 30.5 Å². The first-order chi connectivity index (χ1) is 12.1. The lowest BCUT2D eigenvalue weighted by Crippen LogP contribution is -2.17. The number of anilines is 1. The van der Waals surface area contributed by atoms with E-state index < -0.39 is 5.91 Å². The van der Waals surface area contributed by atoms with Crippen LogP contribution in [-0.4, -0.2) is 33.7 Å². The molecule has 0 radical (unpaired) electrons. The van der Waals surface area contributed by atoms with E-state index in [9.17, 15) is 10.1 Å². The van der Waals surface area contributed by atoms with Gasteiger partial charge in [0.15, 0.2) is 11.6 Å². The molecule has 0 spiro atoms. The number of aromatic nitrogens is 3. The van der Waals surface area contributed by atoms with Gasteiger partial charge in [0.05, 0.1) is 13.3 Å². The first kappa shape index (κ1) is 16.7. The zero-order chi connectivity index (χ0) is 18.0. The van der Waals surface area contributed by atoms with Crippen molar-refractivity contribution >= 4 is 34.2 Å². The number of aryl methyl sites for hydroxylation is 1. The Bertz CT molecular complexity index is 1010. The third-order valence-electron chi connectivity index (χ3n) is 3.70. The molecule has 0 aliphatic carbocycles. The molecule has 0 saturated heterocycles. The summed E-state index contributed by atoms with van der Waals surface area (Å²) in [5.41, 5.74) is 1.85. The van der Waals surface area contributed by atoms with Crippen molar-refractivity contribution in [2.45, 2.75) is 6.92 Å². The fourth-order valence-electron chi connectivity index (χ4n) is 2.54. The van der Waals surface area contributed by atoms with E-state index in [4.69, 9.17) is 16.3 Å². The number of nitrogens with zero attached hydrogens (tertiary/aromatic N) is 4. The van der Waals surface area contributed by atoms with Crippen molar-refractivity contribution in [1.82, 2.24) is 14.8 Å². The number of methoxy groups -OCH3 is 1. The molecule has 25 heavy (non-hydrogen) atoms. The molecule has 3 rings (SSSR count). The lowest BCUT2D eigenvalue weighted by Gasteiger charge is -2.12. The summed E-state index contributed by atoms with van der Waals surface area (Å²) in [5, 5.41) is 17.0. The van der Waals surface area contributed by atoms with Crippen LogP contribution in [0.25, 0.3) is 16.7 Å². The monoisotopic (exact) mass is 355 g/mol. The Morgan fingerprint density at radius 2 is 2.28 bits per heavy atom. The average Bonchev–Trinajstić information content (AvgIpc) is 3.03. The maximum atomic E-state index is 11.7. The van der Waals surface area contributed by atoms with Crippen LogP contribution in [0.1, 0.15) is 11.1 Å². The number of benzene rings is 1. The second kappa shape index (κ2) is 6.79. The number of nitrogens with one attached hydrogen (secondary N) is 1. The van der Waals surface area contributed by atoms with E-state index in [1.165, 1.54) is 10.9 Å². The highest BCUT2D eigenvalue weighted by Gasteiger charge is 2.17. The van der Waals surface area contributed by atoms with E-state index in [0.29, 0.717) is 17.1 Å². The molecule has 0 fully saturated rings. The number of para-hydroxylation sites is 1. The minimum Gasteiger partial charge on any atom is -0.494 e. The summed E-state index contributed by atoms with van der Waals surface area (Å²) in [5.74, 6) is 0.653. The Morgan fingerprint density at radius 3 is 2.96 bits per heavy atom. The van der Waals surface area contributed by atoms with Gasteiger partial charge in [-0.1, -0.05) is 12.1 Å². The van der Waals surface area contributed by atoms with Crippen LogP contribution < -0.4 is 10.1 Å². The normalized spacial score (nSPS) is 10.5. The van der Waals surface area contributed by atoms with Crippen molar-refractivity contribution in [2.24, 2.45) is 0 Å². The van der Waals surface area contributed by atoms with Crippen molar-refractivity contribution in [3.05, 3.63) is 41.6 Å². The van der Waals surface area contributed by atoms with Gasteiger partial charge < -0.3 is 10.1 Å². The van der Waals surface area contributed by atoms with Gasteiger partial charge in [-0.15, -0.1) is 11.6 Å². The van der Waals surface area contributed by atoms with Gasteiger partial charge in [0.25, 0.3) is 0 Å². The molecular weight excluding hydrogens is 342 g/mol. The summed E-state index contributed by atoms with van der Waals surface area (Å²) in [6.45, 7) is 1.94. The number of hydrogen-bond acceptors (Lipinski definition) is 5. The van der Waals surface area contributed by atoms with E-state index in [0.717, 1.165) is 10.9 Å². The van der Waals surface area contributed by atoms with E-state index in [2.05, 4.69) is 15.4 Å². The molecule has 2 heterocycles. The van der Waals surface area contributed by atoms with Gasteiger partial charge in [0, 0.05) is 5.39 Å². The van der Waals surface area contributed by atoms with E-state index >= 15 is 0 Å². The first-order valence-electron chi connectivity index (χ1n) is 7.37. The van der Waals surface area contributed by atoms with E-state index in [1.54, 1.807) is 7.11 Å². The summed E-state index contributed by atoms with van der Waals surface area (Å²) in [4.78, 5) is 16.3. The summed E-state index contributed by atoms with van der Waals surface area (Å²) in [6.07, 6.45) is 1.37. The van der Waals surface area contributed by atoms with Crippen molar-refractivity contribution in [1.29, 1.82) is 5.26 Å². The molecule has 0 aliphatic heterocycles. The fourth-order valence-corrected chi connectivity index (χ4v) is 2.60. The van der Waals surface area contributed by atoms with Crippen LogP contribution >= 0.6 is 11.6 Å². The number of hydrogen-bond donors (Lipinski definition) is 1. The molecule has 0 bridgehead atoms. The second-order valence-electron chi connectivity index (χ2n) is 5.27. The summed E-state index contributed by atoms with van der Waals surface area (Å²) >= 11 is 5.55. The topological polar surface area (TPSA) is 92.8 Å². The molecule has 1 amide bonds. The maximum absolute atomic E-state index is 11.7. The fraction of sp³-hybridized carbons (Fsp3) is 0.176. The molecule has 1 N–H and O–H groups in total. The summed E-state index contributed by atoms with van der Waals surface area (Å²) in [7, 11) is 1.58. The largest absolute Gasteiger partial charge is 0.494 e. The lowest BCUT2D eigenvalue weighted by atomic mass is 10.1. The lowest BCUT2D eigenvalue weighted by molar-refractivity contribution is -0.114. The molecule has 7 nitrogen and oxygen atoms in total. The predicted octanol–water partition coefficient (Wildman–Crippen LogP) is 2.79. The van der Waals surface area contributed by atoms with Crippen LogP contribution in [0, 0.1) is 18.3 Å². The molecule has 0 saturated carbocycles. The zero-order valence-electron chi connectivity index (χ0n) is 13.6. The van der Waals surface area contributed by atoms with Crippen molar-refractivity contribution in [3.8, 4) is 17.6 Å². The Kier molecular flexibility index (Phi) is 4.55. The number of alkyl halides is 1. The minimum absolute atomic E-state index is 0.220. The SMILES string of the molecule is COc1cccc2c(C)cc(-n3ncc(C#N)c3NC(=O)CCl)nc12. The van der Waals surface area contributed by atoms with Crippen LogP contribution in [0.2, 0.25) is 0 Å². The molecule has 126 valence electrons. The highest BCUT2D eigenvalue weighted by Crippen LogP contribution is 2.28. The number of rotatable bonds is 4. The second-order valence-corrected chi connectivity index (χ2v) is 5.53.